The van der Waals surface area contributed by atoms with Gasteiger partial charge < -0.3 is 9.64 Å². The number of benzene rings is 1. The lowest BCUT2D eigenvalue weighted by molar-refractivity contribution is -0.131. The molecule has 0 radical (unpaired) electrons. The SMILES string of the molecule is CCOCC(C)N1C(=O)CNC1c1ccc(Cl)cc1. The molecule has 0 bridgehead atoms. The summed E-state index contributed by atoms with van der Waals surface area (Å²) in [6, 6.07) is 7.61. The Labute approximate surface area is 118 Å². The van der Waals surface area contributed by atoms with Crippen LogP contribution in [-0.4, -0.2) is 36.6 Å². The standard InChI is InChI=1S/C14H19ClN2O2/c1-3-19-9-10(2)17-13(18)8-16-14(17)11-4-6-12(15)7-5-11/h4-7,10,14,16H,3,8-9H2,1-2H3. The van der Waals surface area contributed by atoms with Crippen molar-refractivity contribution >= 4 is 17.5 Å². The molecule has 104 valence electrons. The van der Waals surface area contributed by atoms with Gasteiger partial charge in [-0.25, -0.2) is 0 Å². The molecule has 0 aromatic heterocycles. The van der Waals surface area contributed by atoms with Gasteiger partial charge in [0.15, 0.2) is 0 Å². The third-order valence-electron chi connectivity index (χ3n) is 3.24. The Morgan fingerprint density at radius 2 is 2.16 bits per heavy atom. The van der Waals surface area contributed by atoms with Crippen molar-refractivity contribution in [1.29, 1.82) is 0 Å². The number of halogens is 1. The molecule has 5 heteroatoms. The molecule has 1 aromatic carbocycles. The Kier molecular flexibility index (Phi) is 4.80. The van der Waals surface area contributed by atoms with Crippen LogP contribution in [0.5, 0.6) is 0 Å². The van der Waals surface area contributed by atoms with Crippen molar-refractivity contribution in [1.82, 2.24) is 10.2 Å². The first kappa shape index (κ1) is 14.3. The molecule has 4 nitrogen and oxygen atoms in total. The molecule has 1 heterocycles. The van der Waals surface area contributed by atoms with Crippen molar-refractivity contribution in [3.05, 3.63) is 34.9 Å². The van der Waals surface area contributed by atoms with Crippen molar-refractivity contribution in [2.75, 3.05) is 19.8 Å². The first-order valence-electron chi connectivity index (χ1n) is 6.51. The average molecular weight is 283 g/mol. The Hall–Kier alpha value is -1.10. The van der Waals surface area contributed by atoms with E-state index in [4.69, 9.17) is 16.3 Å². The van der Waals surface area contributed by atoms with Gasteiger partial charge in [-0.2, -0.15) is 0 Å². The fourth-order valence-corrected chi connectivity index (χ4v) is 2.44. The second-order valence-corrected chi connectivity index (χ2v) is 5.08. The van der Waals surface area contributed by atoms with Crippen molar-refractivity contribution in [3.63, 3.8) is 0 Å². The normalized spacial score (nSPS) is 20.9. The zero-order valence-corrected chi connectivity index (χ0v) is 12.0. The predicted molar refractivity (Wildman–Crippen MR) is 75.0 cm³/mol. The van der Waals surface area contributed by atoms with E-state index < -0.39 is 0 Å². The highest BCUT2D eigenvalue weighted by Crippen LogP contribution is 2.25. The molecule has 0 aliphatic carbocycles. The molecule has 19 heavy (non-hydrogen) atoms. The Balaban J connectivity index is 2.14. The van der Waals surface area contributed by atoms with E-state index in [2.05, 4.69) is 5.32 Å². The first-order chi connectivity index (χ1) is 9.13. The maximum absolute atomic E-state index is 12.0. The van der Waals surface area contributed by atoms with E-state index in [9.17, 15) is 4.79 Å². The number of ether oxygens (including phenoxy) is 1. The molecule has 1 aromatic rings. The number of rotatable bonds is 5. The van der Waals surface area contributed by atoms with Crippen LogP contribution >= 0.6 is 11.6 Å². The topological polar surface area (TPSA) is 41.6 Å². The number of carbonyl (C=O) groups excluding carboxylic acids is 1. The van der Waals surface area contributed by atoms with E-state index in [1.165, 1.54) is 0 Å². The molecular weight excluding hydrogens is 264 g/mol. The van der Waals surface area contributed by atoms with Gasteiger partial charge in [0.2, 0.25) is 5.91 Å². The third kappa shape index (κ3) is 3.26. The molecular formula is C14H19ClN2O2. The lowest BCUT2D eigenvalue weighted by atomic mass is 10.1. The number of carbonyl (C=O) groups is 1. The Morgan fingerprint density at radius 1 is 1.47 bits per heavy atom. The number of hydrogen-bond acceptors (Lipinski definition) is 3. The fraction of sp³-hybridized carbons (Fsp3) is 0.500. The van der Waals surface area contributed by atoms with Crippen LogP contribution < -0.4 is 5.32 Å². The van der Waals surface area contributed by atoms with Crippen LogP contribution in [0.1, 0.15) is 25.6 Å². The first-order valence-corrected chi connectivity index (χ1v) is 6.89. The molecule has 2 rings (SSSR count). The summed E-state index contributed by atoms with van der Waals surface area (Å²) in [6.45, 7) is 5.53. The number of hydrogen-bond donors (Lipinski definition) is 1. The highest BCUT2D eigenvalue weighted by molar-refractivity contribution is 6.30. The molecule has 2 atom stereocenters. The summed E-state index contributed by atoms with van der Waals surface area (Å²) in [4.78, 5) is 13.9. The summed E-state index contributed by atoms with van der Waals surface area (Å²) in [5.41, 5.74) is 1.04. The molecule has 1 fully saturated rings. The van der Waals surface area contributed by atoms with E-state index in [0.717, 1.165) is 5.56 Å². The summed E-state index contributed by atoms with van der Waals surface area (Å²) < 4.78 is 5.42. The van der Waals surface area contributed by atoms with E-state index >= 15 is 0 Å². The highest BCUT2D eigenvalue weighted by Gasteiger charge is 2.34. The molecule has 1 aliphatic rings. The molecule has 2 unspecified atom stereocenters. The summed E-state index contributed by atoms with van der Waals surface area (Å²) in [6.07, 6.45) is -0.0970. The lowest BCUT2D eigenvalue weighted by Gasteiger charge is -2.30. The van der Waals surface area contributed by atoms with Crippen LogP contribution in [0.2, 0.25) is 5.02 Å². The van der Waals surface area contributed by atoms with Gasteiger partial charge in [-0.1, -0.05) is 23.7 Å². The zero-order valence-electron chi connectivity index (χ0n) is 11.2. The molecule has 1 amide bonds. The van der Waals surface area contributed by atoms with Crippen molar-refractivity contribution < 1.29 is 9.53 Å². The molecule has 1 saturated heterocycles. The van der Waals surface area contributed by atoms with Gasteiger partial charge in [0.25, 0.3) is 0 Å². The highest BCUT2D eigenvalue weighted by atomic mass is 35.5. The minimum atomic E-state index is -0.0970. The Bertz CT molecular complexity index is 436. The van der Waals surface area contributed by atoms with Gasteiger partial charge in [-0.3, -0.25) is 10.1 Å². The smallest absolute Gasteiger partial charge is 0.238 e. The number of amides is 1. The molecule has 1 aliphatic heterocycles. The quantitative estimate of drug-likeness (QED) is 0.900. The van der Waals surface area contributed by atoms with Crippen molar-refractivity contribution in [2.24, 2.45) is 0 Å². The van der Waals surface area contributed by atoms with E-state index in [1.54, 1.807) is 0 Å². The average Bonchev–Trinajstić information content (AvgIpc) is 2.79. The second-order valence-electron chi connectivity index (χ2n) is 4.64. The van der Waals surface area contributed by atoms with E-state index in [1.807, 2.05) is 43.0 Å². The zero-order chi connectivity index (χ0) is 13.8. The molecule has 0 saturated carbocycles. The van der Waals surface area contributed by atoms with Crippen LogP contribution in [0.3, 0.4) is 0 Å². The maximum atomic E-state index is 12.0. The van der Waals surface area contributed by atoms with E-state index in [0.29, 0.717) is 24.8 Å². The van der Waals surface area contributed by atoms with Gasteiger partial charge in [-0.05, 0) is 31.5 Å². The van der Waals surface area contributed by atoms with Crippen molar-refractivity contribution in [2.45, 2.75) is 26.1 Å². The van der Waals surface area contributed by atoms with Crippen LogP contribution in [-0.2, 0) is 9.53 Å². The monoisotopic (exact) mass is 282 g/mol. The van der Waals surface area contributed by atoms with Crippen LogP contribution in [0.4, 0.5) is 0 Å². The summed E-state index contributed by atoms with van der Waals surface area (Å²) in [7, 11) is 0. The fourth-order valence-electron chi connectivity index (χ4n) is 2.31. The minimum absolute atomic E-state index is 0.0446. The summed E-state index contributed by atoms with van der Waals surface area (Å²) in [5, 5.41) is 3.92. The summed E-state index contributed by atoms with van der Waals surface area (Å²) >= 11 is 5.89. The summed E-state index contributed by atoms with van der Waals surface area (Å²) in [5.74, 6) is 0.104. The van der Waals surface area contributed by atoms with Crippen LogP contribution in [0, 0.1) is 0 Å². The molecule has 1 N–H and O–H groups in total. The Morgan fingerprint density at radius 3 is 2.79 bits per heavy atom. The van der Waals surface area contributed by atoms with Crippen LogP contribution in [0.15, 0.2) is 24.3 Å². The van der Waals surface area contributed by atoms with Gasteiger partial charge in [-0.15, -0.1) is 0 Å². The number of nitrogens with zero attached hydrogens (tertiary/aromatic N) is 1. The predicted octanol–water partition coefficient (Wildman–Crippen LogP) is 2.20. The van der Waals surface area contributed by atoms with Gasteiger partial charge in [0, 0.05) is 11.6 Å². The third-order valence-corrected chi connectivity index (χ3v) is 3.49. The van der Waals surface area contributed by atoms with E-state index in [-0.39, 0.29) is 18.1 Å². The maximum Gasteiger partial charge on any atom is 0.238 e. The van der Waals surface area contributed by atoms with Crippen molar-refractivity contribution in [3.8, 4) is 0 Å². The van der Waals surface area contributed by atoms with Gasteiger partial charge in [0.05, 0.1) is 19.2 Å². The van der Waals surface area contributed by atoms with Gasteiger partial charge in [0.1, 0.15) is 6.17 Å². The minimum Gasteiger partial charge on any atom is -0.380 e. The van der Waals surface area contributed by atoms with Crippen LogP contribution in [0.25, 0.3) is 0 Å². The lowest BCUT2D eigenvalue weighted by Crippen LogP contribution is -2.40. The second kappa shape index (κ2) is 6.37. The number of nitrogens with one attached hydrogen (secondary N) is 1. The van der Waals surface area contributed by atoms with Gasteiger partial charge >= 0.3 is 0 Å². The largest absolute Gasteiger partial charge is 0.380 e. The molecule has 0 spiro atoms.